The van der Waals surface area contributed by atoms with Crippen LogP contribution in [0.3, 0.4) is 0 Å². The lowest BCUT2D eigenvalue weighted by molar-refractivity contribution is -0.145. The highest BCUT2D eigenvalue weighted by molar-refractivity contribution is 7.86. The van der Waals surface area contributed by atoms with Crippen molar-refractivity contribution in [2.45, 2.75) is 105 Å². The molecule has 4 N–H and O–H groups in total. The van der Waals surface area contributed by atoms with E-state index in [0.717, 1.165) is 23.6 Å². The summed E-state index contributed by atoms with van der Waals surface area (Å²) in [6.45, 7) is 19.2. The van der Waals surface area contributed by atoms with E-state index >= 15 is 0 Å². The molecule has 284 valence electrons. The number of carbonyl (C=O) groups excluding carboxylic acids is 5. The molecule has 0 aromatic carbocycles. The van der Waals surface area contributed by atoms with E-state index in [0.29, 0.717) is 13.0 Å². The molecular weight excluding hydrogens is 662 g/mol. The van der Waals surface area contributed by atoms with E-state index in [-0.39, 0.29) is 36.3 Å². The lowest BCUT2D eigenvalue weighted by Gasteiger charge is -2.39. The molecule has 1 saturated heterocycles. The van der Waals surface area contributed by atoms with Crippen molar-refractivity contribution in [3.8, 4) is 0 Å². The summed E-state index contributed by atoms with van der Waals surface area (Å²) in [5.74, 6) is -2.32. The van der Waals surface area contributed by atoms with Gasteiger partial charge in [0.15, 0.2) is 0 Å². The van der Waals surface area contributed by atoms with Crippen LogP contribution in [0.2, 0.25) is 0 Å². The number of nitrogens with one attached hydrogen (secondary N) is 4. The second-order valence-electron chi connectivity index (χ2n) is 17.3. The minimum Gasteiger partial charge on any atom is -0.346 e. The van der Waals surface area contributed by atoms with Crippen molar-refractivity contribution in [1.82, 2.24) is 34.8 Å². The first-order chi connectivity index (χ1) is 22.8. The van der Waals surface area contributed by atoms with Crippen LogP contribution in [0, 0.1) is 34.0 Å². The van der Waals surface area contributed by atoms with E-state index in [4.69, 9.17) is 0 Å². The van der Waals surface area contributed by atoms with Gasteiger partial charge in [-0.15, -0.1) is 6.58 Å². The second kappa shape index (κ2) is 15.3. The molecule has 50 heavy (non-hydrogen) atoms. The van der Waals surface area contributed by atoms with Crippen molar-refractivity contribution in [2.24, 2.45) is 34.0 Å². The van der Waals surface area contributed by atoms with Gasteiger partial charge in [-0.25, -0.2) is 4.79 Å². The van der Waals surface area contributed by atoms with Crippen molar-refractivity contribution >= 4 is 39.7 Å². The third-order valence-corrected chi connectivity index (χ3v) is 12.7. The molecule has 6 atom stereocenters. The average molecular weight is 724 g/mol. The first-order valence-corrected chi connectivity index (χ1v) is 19.0. The Bertz CT molecular complexity index is 1430. The van der Waals surface area contributed by atoms with Crippen LogP contribution in [0.1, 0.15) is 81.1 Å². The van der Waals surface area contributed by atoms with Gasteiger partial charge in [-0.3, -0.25) is 19.2 Å². The first-order valence-electron chi connectivity index (χ1n) is 17.6. The van der Waals surface area contributed by atoms with Gasteiger partial charge in [-0.05, 0) is 40.4 Å². The monoisotopic (exact) mass is 723 g/mol. The molecule has 0 aromatic rings. The highest BCUT2D eigenvalue weighted by Gasteiger charge is 2.70. The lowest BCUT2D eigenvalue weighted by Crippen LogP contribution is -2.63. The average Bonchev–Trinajstić information content (AvgIpc) is 3.29. The topological polar surface area (TPSA) is 177 Å². The summed E-state index contributed by atoms with van der Waals surface area (Å²) in [6, 6.07) is -4.22. The van der Waals surface area contributed by atoms with Crippen molar-refractivity contribution in [3.05, 3.63) is 12.7 Å². The van der Waals surface area contributed by atoms with Gasteiger partial charge in [0, 0.05) is 46.8 Å². The van der Waals surface area contributed by atoms with E-state index in [1.165, 1.54) is 36.4 Å². The molecule has 14 nitrogen and oxygen atoms in total. The summed E-state index contributed by atoms with van der Waals surface area (Å²) in [4.78, 5) is 69.6. The highest BCUT2D eigenvalue weighted by Crippen LogP contribution is 2.65. The Labute approximate surface area is 299 Å². The van der Waals surface area contributed by atoms with Crippen LogP contribution < -0.4 is 21.3 Å². The number of piperidine rings is 1. The Morgan fingerprint density at radius 1 is 0.960 bits per heavy atom. The molecule has 5 amide bonds. The van der Waals surface area contributed by atoms with Crippen LogP contribution in [-0.2, 0) is 29.4 Å². The second-order valence-corrected chi connectivity index (χ2v) is 19.5. The fourth-order valence-corrected chi connectivity index (χ4v) is 7.98. The van der Waals surface area contributed by atoms with Crippen molar-refractivity contribution in [2.75, 3.05) is 40.8 Å². The van der Waals surface area contributed by atoms with Gasteiger partial charge < -0.3 is 26.2 Å². The molecule has 3 aliphatic rings. The predicted octanol–water partition coefficient (Wildman–Crippen LogP) is 1.88. The number of nitrogens with zero attached hydrogens (tertiary/aromatic N) is 3. The van der Waals surface area contributed by atoms with Gasteiger partial charge in [0.1, 0.15) is 12.1 Å². The number of Topliss-reactive ketones (excluding diaryl/α,β-unsaturated/α-hetero) is 1. The van der Waals surface area contributed by atoms with E-state index in [1.807, 2.05) is 41.5 Å². The quantitative estimate of drug-likeness (QED) is 0.147. The number of rotatable bonds is 15. The molecule has 0 radical (unpaired) electrons. The number of amides is 5. The van der Waals surface area contributed by atoms with E-state index in [1.54, 1.807) is 0 Å². The molecule has 2 saturated carbocycles. The fraction of sp³-hybridized carbons (Fsp3) is 0.800. The van der Waals surface area contributed by atoms with Crippen LogP contribution in [0.4, 0.5) is 4.79 Å². The third kappa shape index (κ3) is 9.24. The van der Waals surface area contributed by atoms with E-state index in [9.17, 15) is 32.4 Å². The zero-order valence-corrected chi connectivity index (χ0v) is 32.7. The molecule has 1 aliphatic heterocycles. The van der Waals surface area contributed by atoms with Gasteiger partial charge in [0.2, 0.25) is 17.6 Å². The summed E-state index contributed by atoms with van der Waals surface area (Å²) in [5.41, 5.74) is -1.53. The van der Waals surface area contributed by atoms with Gasteiger partial charge in [0.05, 0.1) is 6.04 Å². The Balaban J connectivity index is 1.84. The molecule has 1 heterocycles. The number of urea groups is 1. The smallest absolute Gasteiger partial charge is 0.315 e. The number of ketones is 1. The number of hydrogen-bond acceptors (Lipinski definition) is 7. The lowest BCUT2D eigenvalue weighted by atomic mass is 9.80. The minimum atomic E-state index is -3.74. The number of likely N-dealkylation sites (N-methyl/N-ethyl adjacent to an activating group) is 1. The normalized spacial score (nSPS) is 23.6. The number of fused-ring (bicyclic) bond motifs is 1. The molecular formula is C35H61N7O7S. The Morgan fingerprint density at radius 2 is 1.56 bits per heavy atom. The van der Waals surface area contributed by atoms with E-state index < -0.39 is 74.7 Å². The number of likely N-dealkylation sites (tertiary alicyclic amines) is 1. The van der Waals surface area contributed by atoms with E-state index in [2.05, 4.69) is 41.7 Å². The Hall–Kier alpha value is -3.04. The summed E-state index contributed by atoms with van der Waals surface area (Å²) in [7, 11) is 0.565. The van der Waals surface area contributed by atoms with Gasteiger partial charge >= 0.3 is 6.03 Å². The molecule has 0 spiro atoms. The third-order valence-electron chi connectivity index (χ3n) is 10.9. The number of carbonyl (C=O) groups is 5. The summed E-state index contributed by atoms with van der Waals surface area (Å²) in [6.07, 6.45) is 4.68. The maximum atomic E-state index is 14.4. The minimum absolute atomic E-state index is 0.00919. The molecule has 0 bridgehead atoms. The molecule has 0 aromatic heterocycles. The zero-order valence-electron chi connectivity index (χ0n) is 31.9. The van der Waals surface area contributed by atoms with Crippen LogP contribution in [0.25, 0.3) is 0 Å². The van der Waals surface area contributed by atoms with Crippen LogP contribution in [-0.4, -0.2) is 116 Å². The molecule has 1 unspecified atom stereocenters. The summed E-state index contributed by atoms with van der Waals surface area (Å²) in [5, 5.41) is 11.1. The van der Waals surface area contributed by atoms with Crippen molar-refractivity contribution in [3.63, 3.8) is 0 Å². The maximum Gasteiger partial charge on any atom is 0.315 e. The SMILES string of the molecule is C=CCNC(=O)C(=O)C(CC1CCC1)NC(=O)[C@@H]1[C@@H]2[C@H](CN1C(=O)[C@@H](NC(=O)N[C@H](CN(C)S(=O)(=O)N(C)C)C(C)(C)C)C(C)(C)C)C2(C)C. The summed E-state index contributed by atoms with van der Waals surface area (Å²) < 4.78 is 27.7. The van der Waals surface area contributed by atoms with Crippen LogP contribution >= 0.6 is 0 Å². The van der Waals surface area contributed by atoms with Gasteiger partial charge in [-0.1, -0.05) is 80.7 Å². The maximum absolute atomic E-state index is 14.4. The number of hydrogen-bond donors (Lipinski definition) is 4. The summed E-state index contributed by atoms with van der Waals surface area (Å²) >= 11 is 0. The first kappa shape index (κ1) is 41.4. The molecule has 3 fully saturated rings. The predicted molar refractivity (Wildman–Crippen MR) is 192 cm³/mol. The molecule has 2 aliphatic carbocycles. The van der Waals surface area contributed by atoms with Crippen molar-refractivity contribution in [1.29, 1.82) is 0 Å². The molecule has 15 heteroatoms. The van der Waals surface area contributed by atoms with Crippen molar-refractivity contribution < 1.29 is 32.4 Å². The fourth-order valence-electron chi connectivity index (χ4n) is 7.09. The van der Waals surface area contributed by atoms with Gasteiger partial charge in [-0.2, -0.15) is 17.0 Å². The standard InChI is InChI=1S/C35H61N7O7S/c1-13-17-36-30(45)27(43)23(18-21-15-14-16-21)37-29(44)26-25-22(35(25,8)9)19-42(26)31(46)28(34(5,6)7)39-32(47)38-24(33(2,3)4)20-41(12)50(48,49)40(10)11/h13,21-26,28H,1,14-20H2,2-12H3,(H,36,45)(H,37,44)(H2,38,39,47)/t22-,23?,24+,25-,26-,28+/m0/s1. The molecule has 3 rings (SSSR count). The van der Waals surface area contributed by atoms with Crippen LogP contribution in [0.15, 0.2) is 12.7 Å². The Morgan fingerprint density at radius 3 is 2.04 bits per heavy atom. The highest BCUT2D eigenvalue weighted by atomic mass is 32.2. The van der Waals surface area contributed by atoms with Gasteiger partial charge in [0.25, 0.3) is 16.1 Å². The zero-order chi connectivity index (χ0) is 38.1. The largest absolute Gasteiger partial charge is 0.346 e. The Kier molecular flexibility index (Phi) is 12.7. The van der Waals surface area contributed by atoms with Crippen LogP contribution in [0.5, 0.6) is 0 Å².